The average molecular weight is 302 g/mol. The number of halogens is 2. The molecule has 2 aromatic rings. The van der Waals surface area contributed by atoms with Crippen LogP contribution in [-0.4, -0.2) is 23.2 Å². The summed E-state index contributed by atoms with van der Waals surface area (Å²) in [5.74, 6) is -1.50. The molecule has 0 aliphatic carbocycles. The van der Waals surface area contributed by atoms with Gasteiger partial charge in [0.1, 0.15) is 23.8 Å². The van der Waals surface area contributed by atoms with Crippen molar-refractivity contribution in [1.29, 1.82) is 0 Å². The number of benzene rings is 1. The van der Waals surface area contributed by atoms with Crippen LogP contribution in [0.1, 0.15) is 12.7 Å². The smallest absolute Gasteiger partial charge is 0.241 e. The number of hydrogen-bond donors (Lipinski definition) is 1. The first-order valence-corrected chi connectivity index (χ1v) is 7.23. The third-order valence-corrected chi connectivity index (χ3v) is 3.98. The predicted octanol–water partition coefficient (Wildman–Crippen LogP) is 1.05. The number of nitrogens with zero attached hydrogens (tertiary/aromatic N) is 3. The van der Waals surface area contributed by atoms with Crippen LogP contribution in [0.3, 0.4) is 0 Å². The molecule has 0 radical (unpaired) electrons. The van der Waals surface area contributed by atoms with Gasteiger partial charge in [-0.1, -0.05) is 0 Å². The molecule has 0 atom stereocenters. The normalized spacial score (nSPS) is 11.8. The van der Waals surface area contributed by atoms with E-state index in [-0.39, 0.29) is 6.54 Å². The molecule has 0 spiro atoms. The quantitative estimate of drug-likeness (QED) is 0.896. The molecule has 0 bridgehead atoms. The minimum Gasteiger partial charge on any atom is -0.317 e. The summed E-state index contributed by atoms with van der Waals surface area (Å²) in [5.41, 5.74) is 0. The maximum absolute atomic E-state index is 13.0. The number of hydrogen-bond acceptors (Lipinski definition) is 4. The molecule has 1 heterocycles. The van der Waals surface area contributed by atoms with Gasteiger partial charge in [0.25, 0.3) is 0 Å². The molecule has 0 aliphatic rings. The SMILES string of the molecule is CCn1cnnc1CNS(=O)(=O)c1cc(F)cc(F)c1. The van der Waals surface area contributed by atoms with Crippen LogP contribution >= 0.6 is 0 Å². The maximum Gasteiger partial charge on any atom is 0.241 e. The monoisotopic (exact) mass is 302 g/mol. The average Bonchev–Trinajstić information content (AvgIpc) is 2.82. The number of sulfonamides is 1. The standard InChI is InChI=1S/C11H12F2N4O2S/c1-2-17-7-14-16-11(17)6-15-20(18,19)10-4-8(12)3-9(13)5-10/h3-5,7,15H,2,6H2,1H3. The molecule has 6 nitrogen and oxygen atoms in total. The summed E-state index contributed by atoms with van der Waals surface area (Å²) >= 11 is 0. The van der Waals surface area contributed by atoms with Crippen LogP contribution < -0.4 is 4.72 Å². The first kappa shape index (κ1) is 14.5. The lowest BCUT2D eigenvalue weighted by atomic mass is 10.3. The molecule has 0 saturated heterocycles. The fraction of sp³-hybridized carbons (Fsp3) is 0.273. The van der Waals surface area contributed by atoms with Crippen LogP contribution in [0.4, 0.5) is 8.78 Å². The molecule has 1 N–H and O–H groups in total. The summed E-state index contributed by atoms with van der Waals surface area (Å²) < 4.78 is 53.8. The van der Waals surface area contributed by atoms with Gasteiger partial charge in [-0.3, -0.25) is 0 Å². The van der Waals surface area contributed by atoms with E-state index in [4.69, 9.17) is 0 Å². The summed E-state index contributed by atoms with van der Waals surface area (Å²) in [7, 11) is -4.02. The van der Waals surface area contributed by atoms with E-state index < -0.39 is 26.6 Å². The van der Waals surface area contributed by atoms with Crippen molar-refractivity contribution in [2.24, 2.45) is 0 Å². The Balaban J connectivity index is 2.19. The van der Waals surface area contributed by atoms with E-state index in [2.05, 4.69) is 14.9 Å². The Morgan fingerprint density at radius 3 is 2.50 bits per heavy atom. The lowest BCUT2D eigenvalue weighted by molar-refractivity contribution is 0.558. The fourth-order valence-corrected chi connectivity index (χ4v) is 2.63. The third-order valence-electron chi connectivity index (χ3n) is 2.60. The zero-order chi connectivity index (χ0) is 14.8. The van der Waals surface area contributed by atoms with E-state index in [1.165, 1.54) is 6.33 Å². The van der Waals surface area contributed by atoms with Gasteiger partial charge in [0, 0.05) is 12.6 Å². The molecule has 2 rings (SSSR count). The van der Waals surface area contributed by atoms with Crippen LogP contribution in [0.2, 0.25) is 0 Å². The molecular weight excluding hydrogens is 290 g/mol. The van der Waals surface area contributed by atoms with E-state index in [9.17, 15) is 17.2 Å². The molecule has 0 amide bonds. The second-order valence-corrected chi connectivity index (χ2v) is 5.73. The van der Waals surface area contributed by atoms with Gasteiger partial charge >= 0.3 is 0 Å². The van der Waals surface area contributed by atoms with Crippen LogP contribution in [0.25, 0.3) is 0 Å². The first-order valence-electron chi connectivity index (χ1n) is 5.75. The van der Waals surface area contributed by atoms with E-state index in [1.54, 1.807) is 4.57 Å². The highest BCUT2D eigenvalue weighted by Gasteiger charge is 2.17. The van der Waals surface area contributed by atoms with Gasteiger partial charge in [-0.15, -0.1) is 10.2 Å². The van der Waals surface area contributed by atoms with E-state index >= 15 is 0 Å². The largest absolute Gasteiger partial charge is 0.317 e. The Bertz CT molecular complexity index is 695. The maximum atomic E-state index is 13.0. The third kappa shape index (κ3) is 3.17. The van der Waals surface area contributed by atoms with Crippen molar-refractivity contribution in [3.63, 3.8) is 0 Å². The van der Waals surface area contributed by atoms with E-state index in [0.29, 0.717) is 18.4 Å². The van der Waals surface area contributed by atoms with Crippen LogP contribution in [0, 0.1) is 11.6 Å². The lowest BCUT2D eigenvalue weighted by Gasteiger charge is -2.07. The Labute approximate surface area is 114 Å². The molecule has 0 unspecified atom stereocenters. The van der Waals surface area contributed by atoms with Crippen molar-refractivity contribution >= 4 is 10.0 Å². The van der Waals surface area contributed by atoms with Gasteiger partial charge < -0.3 is 4.57 Å². The van der Waals surface area contributed by atoms with E-state index in [0.717, 1.165) is 12.1 Å². The second-order valence-electron chi connectivity index (χ2n) is 3.96. The summed E-state index contributed by atoms with van der Waals surface area (Å²) in [6, 6.07) is 2.10. The van der Waals surface area contributed by atoms with Crippen molar-refractivity contribution in [3.05, 3.63) is 42.0 Å². The first-order chi connectivity index (χ1) is 9.42. The van der Waals surface area contributed by atoms with Crippen LogP contribution in [0.15, 0.2) is 29.4 Å². The minimum absolute atomic E-state index is 0.117. The van der Waals surface area contributed by atoms with Crippen molar-refractivity contribution in [3.8, 4) is 0 Å². The minimum atomic E-state index is -4.02. The Morgan fingerprint density at radius 2 is 1.90 bits per heavy atom. The van der Waals surface area contributed by atoms with Gasteiger partial charge in [-0.25, -0.2) is 21.9 Å². The fourth-order valence-electron chi connectivity index (χ4n) is 1.61. The molecule has 0 saturated carbocycles. The number of aromatic nitrogens is 3. The molecule has 108 valence electrons. The summed E-state index contributed by atoms with van der Waals surface area (Å²) in [6.45, 7) is 2.32. The summed E-state index contributed by atoms with van der Waals surface area (Å²) in [6.07, 6.45) is 1.46. The van der Waals surface area contributed by atoms with Crippen molar-refractivity contribution in [2.45, 2.75) is 24.9 Å². The lowest BCUT2D eigenvalue weighted by Crippen LogP contribution is -2.25. The second kappa shape index (κ2) is 5.63. The topological polar surface area (TPSA) is 76.9 Å². The highest BCUT2D eigenvalue weighted by atomic mass is 32.2. The molecular formula is C11H12F2N4O2S. The predicted molar refractivity (Wildman–Crippen MR) is 66.1 cm³/mol. The van der Waals surface area contributed by atoms with Crippen LogP contribution in [-0.2, 0) is 23.1 Å². The Hall–Kier alpha value is -1.87. The molecule has 0 aliphatic heterocycles. The molecule has 1 aromatic heterocycles. The number of aryl methyl sites for hydroxylation is 1. The summed E-state index contributed by atoms with van der Waals surface area (Å²) in [4.78, 5) is -0.474. The number of nitrogens with one attached hydrogen (secondary N) is 1. The van der Waals surface area contributed by atoms with Crippen molar-refractivity contribution in [1.82, 2.24) is 19.5 Å². The molecule has 1 aromatic carbocycles. The Kier molecular flexibility index (Phi) is 4.09. The molecule has 20 heavy (non-hydrogen) atoms. The molecule has 0 fully saturated rings. The highest BCUT2D eigenvalue weighted by Crippen LogP contribution is 2.13. The van der Waals surface area contributed by atoms with Gasteiger partial charge in [0.15, 0.2) is 0 Å². The Morgan fingerprint density at radius 1 is 1.25 bits per heavy atom. The number of rotatable bonds is 5. The van der Waals surface area contributed by atoms with Gasteiger partial charge in [-0.05, 0) is 19.1 Å². The van der Waals surface area contributed by atoms with Crippen LogP contribution in [0.5, 0.6) is 0 Å². The van der Waals surface area contributed by atoms with Crippen molar-refractivity contribution < 1.29 is 17.2 Å². The zero-order valence-electron chi connectivity index (χ0n) is 10.5. The van der Waals surface area contributed by atoms with Crippen molar-refractivity contribution in [2.75, 3.05) is 0 Å². The highest BCUT2D eigenvalue weighted by molar-refractivity contribution is 7.89. The molecule has 9 heteroatoms. The van der Waals surface area contributed by atoms with E-state index in [1.807, 2.05) is 6.92 Å². The summed E-state index contributed by atoms with van der Waals surface area (Å²) in [5, 5.41) is 7.41. The zero-order valence-corrected chi connectivity index (χ0v) is 11.4. The van der Waals surface area contributed by atoms with Gasteiger partial charge in [-0.2, -0.15) is 0 Å². The van der Waals surface area contributed by atoms with Gasteiger partial charge in [0.2, 0.25) is 10.0 Å². The van der Waals surface area contributed by atoms with Gasteiger partial charge in [0.05, 0.1) is 11.4 Å².